The predicted octanol–water partition coefficient (Wildman–Crippen LogP) is -1.88. The lowest BCUT2D eigenvalue weighted by molar-refractivity contribution is -0.139. The number of aliphatic hydroxyl groups excluding tert-OH is 1. The first-order valence-corrected chi connectivity index (χ1v) is 21.5. The standard InChI is InChI=1S/C44H58N10O14/c1-24(2)21-33(43(67)51-32(14-7-26-5-12-29(56)13-6-26)42(66)50-30(38(45)62)15-17-36(58)59)52-44(68)34(23-55)53-41(65)31(16-18-37(60)61)49-35(57)22-46-39(63)25(3)48-40(64)27-8-10-28(11-9-27)54-20-4-19-47-54/h4-6,8-13,19-20,24-25,30-34,55-56H,7,14-18,21-23H2,1-3H3,(H2,45,62)(H,46,63)(H,48,64)(H,49,57)(H,50,66)(H,51,67)(H,52,68)(H,53,65)(H,58,59)(H,60,61)/t25-,30-,31-,32-,33-,34-/m0/s1. The van der Waals surface area contributed by atoms with Gasteiger partial charge in [0.15, 0.2) is 0 Å². The van der Waals surface area contributed by atoms with E-state index in [0.717, 1.165) is 0 Å². The van der Waals surface area contributed by atoms with E-state index in [4.69, 9.17) is 10.8 Å². The van der Waals surface area contributed by atoms with Gasteiger partial charge in [0.2, 0.25) is 41.4 Å². The molecule has 0 aliphatic rings. The van der Waals surface area contributed by atoms with Gasteiger partial charge in [-0.05, 0) is 93.0 Å². The van der Waals surface area contributed by atoms with Crippen LogP contribution in [0.4, 0.5) is 0 Å². The highest BCUT2D eigenvalue weighted by molar-refractivity contribution is 5.99. The van der Waals surface area contributed by atoms with Crippen LogP contribution in [0.25, 0.3) is 5.69 Å². The highest BCUT2D eigenvalue weighted by Crippen LogP contribution is 2.14. The number of primary amides is 1. The monoisotopic (exact) mass is 950 g/mol. The molecule has 0 unspecified atom stereocenters. The van der Waals surface area contributed by atoms with E-state index in [1.807, 2.05) is 0 Å². The van der Waals surface area contributed by atoms with Crippen molar-refractivity contribution in [2.24, 2.45) is 11.7 Å². The Hall–Kier alpha value is -7.89. The number of benzene rings is 2. The normalized spacial score (nSPS) is 13.5. The van der Waals surface area contributed by atoms with E-state index in [0.29, 0.717) is 11.3 Å². The maximum atomic E-state index is 13.8. The van der Waals surface area contributed by atoms with Gasteiger partial charge in [-0.3, -0.25) is 47.9 Å². The maximum Gasteiger partial charge on any atom is 0.303 e. The Bertz CT molecular complexity index is 2240. The first-order valence-electron chi connectivity index (χ1n) is 21.5. The molecule has 24 nitrogen and oxygen atoms in total. The number of aliphatic hydroxyl groups is 1. The minimum absolute atomic E-state index is 0.0223. The molecule has 0 spiro atoms. The zero-order valence-corrected chi connectivity index (χ0v) is 37.6. The van der Waals surface area contributed by atoms with Crippen LogP contribution in [0.3, 0.4) is 0 Å². The fraction of sp³-hybridized carbons (Fsp3) is 0.432. The van der Waals surface area contributed by atoms with Crippen LogP contribution in [0.2, 0.25) is 0 Å². The number of hydrogen-bond acceptors (Lipinski definition) is 13. The predicted molar refractivity (Wildman–Crippen MR) is 239 cm³/mol. The summed E-state index contributed by atoms with van der Waals surface area (Å²) in [6, 6.07) is 5.34. The third-order valence-electron chi connectivity index (χ3n) is 10.1. The summed E-state index contributed by atoms with van der Waals surface area (Å²) in [5, 5.41) is 59.1. The van der Waals surface area contributed by atoms with Crippen LogP contribution < -0.4 is 43.0 Å². The molecule has 3 rings (SSSR count). The van der Waals surface area contributed by atoms with Gasteiger partial charge in [0.05, 0.1) is 18.8 Å². The number of carboxylic acid groups (broad SMARTS) is 2. The first kappa shape index (κ1) is 54.4. The Morgan fingerprint density at radius 2 is 1.18 bits per heavy atom. The average Bonchev–Trinajstić information content (AvgIpc) is 3.84. The molecule has 0 aliphatic carbocycles. The van der Waals surface area contributed by atoms with E-state index in [1.54, 1.807) is 61.3 Å². The molecule has 0 radical (unpaired) electrons. The van der Waals surface area contributed by atoms with Crippen LogP contribution in [0.15, 0.2) is 67.0 Å². The van der Waals surface area contributed by atoms with Crippen LogP contribution in [0.1, 0.15) is 75.2 Å². The summed E-state index contributed by atoms with van der Waals surface area (Å²) in [6.45, 7) is 3.04. The van der Waals surface area contributed by atoms with Gasteiger partial charge in [-0.1, -0.05) is 26.0 Å². The highest BCUT2D eigenvalue weighted by Gasteiger charge is 2.33. The average molecular weight is 951 g/mol. The van der Waals surface area contributed by atoms with Crippen LogP contribution in [-0.2, 0) is 49.6 Å². The second kappa shape index (κ2) is 26.9. The van der Waals surface area contributed by atoms with Crippen molar-refractivity contribution in [1.82, 2.24) is 47.0 Å². The minimum atomic E-state index is -1.76. The molecule has 68 heavy (non-hydrogen) atoms. The second-order valence-corrected chi connectivity index (χ2v) is 16.1. The fourth-order valence-electron chi connectivity index (χ4n) is 6.42. The molecule has 24 heteroatoms. The van der Waals surface area contributed by atoms with Crippen LogP contribution >= 0.6 is 0 Å². The minimum Gasteiger partial charge on any atom is -0.508 e. The molecule has 1 heterocycles. The van der Waals surface area contributed by atoms with E-state index >= 15 is 0 Å². The van der Waals surface area contributed by atoms with Gasteiger partial charge in [-0.25, -0.2) is 4.68 Å². The summed E-state index contributed by atoms with van der Waals surface area (Å²) < 4.78 is 1.59. The lowest BCUT2D eigenvalue weighted by Crippen LogP contribution is -2.60. The van der Waals surface area contributed by atoms with Crippen molar-refractivity contribution in [3.05, 3.63) is 78.1 Å². The molecule has 0 fully saturated rings. The number of nitrogens with one attached hydrogen (secondary N) is 7. The molecular weight excluding hydrogens is 893 g/mol. The Morgan fingerprint density at radius 1 is 0.647 bits per heavy atom. The quantitative estimate of drug-likeness (QED) is 0.0379. The number of phenols is 1. The van der Waals surface area contributed by atoms with Gasteiger partial charge in [-0.2, -0.15) is 5.10 Å². The lowest BCUT2D eigenvalue weighted by atomic mass is 10.00. The van der Waals surface area contributed by atoms with Gasteiger partial charge in [0.25, 0.3) is 5.91 Å². The second-order valence-electron chi connectivity index (χ2n) is 16.1. The SMILES string of the molecule is CC(C)C[C@H](NC(=O)[C@H](CO)NC(=O)[C@H](CCC(=O)O)NC(=O)CNC(=O)[C@H](C)NC(=O)c1ccc(-n2cccn2)cc1)C(=O)N[C@@H](CCc1ccc(O)cc1)C(=O)N[C@@H](CCC(=O)O)C(N)=O. The number of nitrogens with zero attached hydrogens (tertiary/aromatic N) is 2. The van der Waals surface area contributed by atoms with Crippen molar-refractivity contribution < 1.29 is 68.4 Å². The van der Waals surface area contributed by atoms with Crippen LogP contribution in [0, 0.1) is 5.92 Å². The highest BCUT2D eigenvalue weighted by atomic mass is 16.4. The molecule has 13 N–H and O–H groups in total. The molecule has 1 aromatic heterocycles. The number of carbonyl (C=O) groups excluding carboxylic acids is 8. The van der Waals surface area contributed by atoms with Gasteiger partial charge in [0.1, 0.15) is 42.0 Å². The van der Waals surface area contributed by atoms with Crippen molar-refractivity contribution in [1.29, 1.82) is 0 Å². The lowest BCUT2D eigenvalue weighted by Gasteiger charge is -2.27. The molecule has 8 amide bonds. The van der Waals surface area contributed by atoms with Crippen molar-refractivity contribution in [3.8, 4) is 11.4 Å². The number of aliphatic carboxylic acids is 2. The Balaban J connectivity index is 1.67. The third-order valence-corrected chi connectivity index (χ3v) is 10.1. The van der Waals surface area contributed by atoms with Crippen LogP contribution in [-0.4, -0.2) is 139 Å². The summed E-state index contributed by atoms with van der Waals surface area (Å²) in [4.78, 5) is 128. The Kier molecular flexibility index (Phi) is 21.6. The van der Waals surface area contributed by atoms with Crippen molar-refractivity contribution in [2.75, 3.05) is 13.2 Å². The molecule has 0 bridgehead atoms. The number of nitrogens with two attached hydrogens (primary N) is 1. The van der Waals surface area contributed by atoms with E-state index in [2.05, 4.69) is 42.3 Å². The zero-order valence-electron chi connectivity index (χ0n) is 37.6. The number of aromatic nitrogens is 2. The summed E-state index contributed by atoms with van der Waals surface area (Å²) in [6.07, 6.45) is 1.35. The Morgan fingerprint density at radius 3 is 1.72 bits per heavy atom. The number of aryl methyl sites for hydroxylation is 1. The van der Waals surface area contributed by atoms with Gasteiger partial charge in [0, 0.05) is 30.8 Å². The molecule has 6 atom stereocenters. The third kappa shape index (κ3) is 18.5. The van der Waals surface area contributed by atoms with Crippen molar-refractivity contribution in [2.45, 2.75) is 102 Å². The fourth-order valence-corrected chi connectivity index (χ4v) is 6.42. The topological polar surface area (TPSA) is 380 Å². The van der Waals surface area contributed by atoms with Gasteiger partial charge in [-0.15, -0.1) is 0 Å². The molecule has 2 aromatic carbocycles. The van der Waals surface area contributed by atoms with Crippen molar-refractivity contribution >= 4 is 59.2 Å². The number of hydrogen-bond donors (Lipinski definition) is 12. The van der Waals surface area contributed by atoms with Crippen molar-refractivity contribution in [3.63, 3.8) is 0 Å². The van der Waals surface area contributed by atoms with E-state index in [-0.39, 0.29) is 42.9 Å². The summed E-state index contributed by atoms with van der Waals surface area (Å²) >= 11 is 0. The van der Waals surface area contributed by atoms with E-state index < -0.39 is 128 Å². The smallest absolute Gasteiger partial charge is 0.303 e. The number of phenolic OH excluding ortho intramolecular Hbond substituents is 1. The van der Waals surface area contributed by atoms with E-state index in [1.165, 1.54) is 31.2 Å². The number of carbonyl (C=O) groups is 10. The summed E-state index contributed by atoms with van der Waals surface area (Å²) in [7, 11) is 0. The zero-order chi connectivity index (χ0) is 50.5. The molecule has 3 aromatic rings. The van der Waals surface area contributed by atoms with Gasteiger partial charge >= 0.3 is 11.9 Å². The molecule has 0 aliphatic heterocycles. The number of carboxylic acids is 2. The summed E-state index contributed by atoms with van der Waals surface area (Å²) in [5.41, 5.74) is 6.97. The molecule has 368 valence electrons. The molecule has 0 saturated carbocycles. The van der Waals surface area contributed by atoms with E-state index in [9.17, 15) is 63.3 Å². The number of rotatable bonds is 28. The largest absolute Gasteiger partial charge is 0.508 e. The Labute approximate surface area is 390 Å². The van der Waals surface area contributed by atoms with Gasteiger partial charge < -0.3 is 63.4 Å². The number of amides is 8. The summed E-state index contributed by atoms with van der Waals surface area (Å²) in [5.74, 6) is -10.2. The molecular formula is C44H58N10O14. The number of aromatic hydroxyl groups is 1. The molecule has 0 saturated heterocycles. The first-order chi connectivity index (χ1) is 32.2. The maximum absolute atomic E-state index is 13.8. The van der Waals surface area contributed by atoms with Crippen LogP contribution in [0.5, 0.6) is 5.75 Å².